The van der Waals surface area contributed by atoms with E-state index in [-0.39, 0.29) is 10.5 Å². The van der Waals surface area contributed by atoms with E-state index in [9.17, 15) is 4.79 Å². The van der Waals surface area contributed by atoms with E-state index >= 15 is 0 Å². The fraction of sp³-hybridized carbons (Fsp3) is 0.821. The molecule has 0 aliphatic heterocycles. The zero-order chi connectivity index (χ0) is 22.8. The van der Waals surface area contributed by atoms with Gasteiger partial charge in [0.25, 0.3) is 0 Å². The summed E-state index contributed by atoms with van der Waals surface area (Å²) in [5.41, 5.74) is 1.97. The Morgan fingerprint density at radius 3 is 2.52 bits per heavy atom. The van der Waals surface area contributed by atoms with Gasteiger partial charge < -0.3 is 4.43 Å². The van der Waals surface area contributed by atoms with Crippen LogP contribution < -0.4 is 0 Å². The van der Waals surface area contributed by atoms with Crippen LogP contribution >= 0.6 is 0 Å². The molecule has 2 saturated carbocycles. The number of carbonyl (C=O) groups excluding carboxylic acids is 1. The highest BCUT2D eigenvalue weighted by Crippen LogP contribution is 2.66. The SMILES string of the molecule is C[C@H](CO[Si](C)(C)C(C)(C)C)[C@H]1CC[C@H]2[C@@H]3C=CC4=CC(=O)CC[C@]4(C)[C@H]3CC[C@]12C. The van der Waals surface area contributed by atoms with Gasteiger partial charge in [-0.25, -0.2) is 0 Å². The highest BCUT2D eigenvalue weighted by Gasteiger charge is 2.58. The highest BCUT2D eigenvalue weighted by atomic mass is 28.4. The van der Waals surface area contributed by atoms with Crippen molar-refractivity contribution in [1.29, 1.82) is 0 Å². The maximum absolute atomic E-state index is 12.0. The first-order valence-corrected chi connectivity index (χ1v) is 15.8. The third-order valence-corrected chi connectivity index (χ3v) is 15.3. The first-order valence-electron chi connectivity index (χ1n) is 12.9. The van der Waals surface area contributed by atoms with Gasteiger partial charge in [0, 0.05) is 13.0 Å². The van der Waals surface area contributed by atoms with Crippen LogP contribution in [0.5, 0.6) is 0 Å². The minimum atomic E-state index is -1.69. The van der Waals surface area contributed by atoms with Crippen molar-refractivity contribution in [2.75, 3.05) is 6.61 Å². The van der Waals surface area contributed by atoms with Gasteiger partial charge in [-0.2, -0.15) is 0 Å². The van der Waals surface area contributed by atoms with E-state index in [0.29, 0.717) is 29.0 Å². The lowest BCUT2D eigenvalue weighted by molar-refractivity contribution is -0.116. The van der Waals surface area contributed by atoms with Crippen LogP contribution in [0.25, 0.3) is 0 Å². The van der Waals surface area contributed by atoms with Gasteiger partial charge in [-0.1, -0.05) is 53.7 Å². The molecule has 3 heteroatoms. The lowest BCUT2D eigenvalue weighted by Crippen LogP contribution is -2.50. The third-order valence-electron chi connectivity index (χ3n) is 10.8. The molecule has 0 aromatic rings. The number of ketones is 1. The molecular weight excluding hydrogens is 396 g/mol. The largest absolute Gasteiger partial charge is 0.417 e. The fourth-order valence-electron chi connectivity index (χ4n) is 7.64. The van der Waals surface area contributed by atoms with Crippen molar-refractivity contribution < 1.29 is 9.22 Å². The van der Waals surface area contributed by atoms with Crippen molar-refractivity contribution in [2.45, 2.75) is 98.2 Å². The summed E-state index contributed by atoms with van der Waals surface area (Å²) < 4.78 is 6.68. The standard InChI is InChI=1S/C28H46O2Si/c1-19(18-30-31(7,8)26(2,3)4)23-11-12-24-22-10-9-20-17-21(29)13-15-27(20,5)25(22)14-16-28(23,24)6/h9-10,17,19,22-25H,11-16,18H2,1-8H3/t19-,22+,23-,24+,25+,27+,28-/m1/s1. The molecule has 0 heterocycles. The van der Waals surface area contributed by atoms with Crippen LogP contribution in [-0.2, 0) is 9.22 Å². The minimum absolute atomic E-state index is 0.212. The van der Waals surface area contributed by atoms with E-state index in [1.54, 1.807) is 0 Å². The van der Waals surface area contributed by atoms with Gasteiger partial charge >= 0.3 is 0 Å². The van der Waals surface area contributed by atoms with E-state index in [0.717, 1.165) is 31.3 Å². The van der Waals surface area contributed by atoms with Crippen LogP contribution in [0.2, 0.25) is 18.1 Å². The fourth-order valence-corrected chi connectivity index (χ4v) is 8.76. The third kappa shape index (κ3) is 3.76. The number of allylic oxidation sites excluding steroid dienone is 4. The lowest BCUT2D eigenvalue weighted by Gasteiger charge is -2.56. The van der Waals surface area contributed by atoms with Gasteiger partial charge in [0.1, 0.15) is 0 Å². The second kappa shape index (κ2) is 7.69. The van der Waals surface area contributed by atoms with Gasteiger partial charge in [-0.15, -0.1) is 0 Å². The van der Waals surface area contributed by atoms with E-state index in [4.69, 9.17) is 4.43 Å². The molecule has 4 aliphatic carbocycles. The topological polar surface area (TPSA) is 26.3 Å². The Bertz CT molecular complexity index is 787. The summed E-state index contributed by atoms with van der Waals surface area (Å²) in [6, 6.07) is 0. The Kier molecular flexibility index (Phi) is 5.82. The summed E-state index contributed by atoms with van der Waals surface area (Å²) in [5, 5.41) is 0.280. The summed E-state index contributed by atoms with van der Waals surface area (Å²) >= 11 is 0. The molecule has 4 aliphatic rings. The van der Waals surface area contributed by atoms with Crippen molar-refractivity contribution in [3.05, 3.63) is 23.8 Å². The molecule has 0 unspecified atom stereocenters. The van der Waals surface area contributed by atoms with Gasteiger partial charge in [0.05, 0.1) is 0 Å². The molecule has 0 amide bonds. The minimum Gasteiger partial charge on any atom is -0.417 e. The van der Waals surface area contributed by atoms with E-state index in [1.165, 1.54) is 31.3 Å². The Labute approximate surface area is 192 Å². The number of carbonyl (C=O) groups is 1. The zero-order valence-corrected chi connectivity index (χ0v) is 22.4. The molecule has 2 fully saturated rings. The van der Waals surface area contributed by atoms with E-state index in [2.05, 4.69) is 66.8 Å². The van der Waals surface area contributed by atoms with Gasteiger partial charge in [-0.3, -0.25) is 4.79 Å². The van der Waals surface area contributed by atoms with E-state index < -0.39 is 8.32 Å². The average molecular weight is 443 g/mol. The molecule has 0 aromatic carbocycles. The monoisotopic (exact) mass is 442 g/mol. The maximum atomic E-state index is 12.0. The van der Waals surface area contributed by atoms with Crippen molar-refractivity contribution in [3.8, 4) is 0 Å². The Morgan fingerprint density at radius 2 is 1.84 bits per heavy atom. The Hall–Kier alpha value is -0.673. The molecule has 0 bridgehead atoms. The molecule has 0 spiro atoms. The molecule has 7 atom stereocenters. The Balaban J connectivity index is 1.51. The second-order valence-electron chi connectivity index (χ2n) is 13.4. The quantitative estimate of drug-likeness (QED) is 0.420. The second-order valence-corrected chi connectivity index (χ2v) is 18.2. The number of rotatable bonds is 4. The van der Waals surface area contributed by atoms with Crippen LogP contribution in [0, 0.1) is 40.4 Å². The van der Waals surface area contributed by atoms with Crippen molar-refractivity contribution in [3.63, 3.8) is 0 Å². The van der Waals surface area contributed by atoms with Gasteiger partial charge in [-0.05, 0) is 102 Å². The molecule has 0 aromatic heterocycles. The predicted molar refractivity (Wildman–Crippen MR) is 132 cm³/mol. The van der Waals surface area contributed by atoms with Crippen LogP contribution in [0.1, 0.15) is 80.1 Å². The summed E-state index contributed by atoms with van der Waals surface area (Å²) in [6.07, 6.45) is 14.0. The lowest BCUT2D eigenvalue weighted by atomic mass is 9.48. The van der Waals surface area contributed by atoms with Crippen molar-refractivity contribution in [1.82, 2.24) is 0 Å². The molecular formula is C28H46O2Si. The smallest absolute Gasteiger partial charge is 0.191 e. The van der Waals surface area contributed by atoms with Gasteiger partial charge in [0.2, 0.25) is 0 Å². The molecule has 2 nitrogen and oxygen atoms in total. The molecule has 174 valence electrons. The molecule has 31 heavy (non-hydrogen) atoms. The summed E-state index contributed by atoms with van der Waals surface area (Å²) in [6.45, 7) is 20.3. The Morgan fingerprint density at radius 1 is 1.13 bits per heavy atom. The van der Waals surface area contributed by atoms with Crippen molar-refractivity contribution in [2.24, 2.45) is 40.4 Å². The van der Waals surface area contributed by atoms with E-state index in [1.807, 2.05) is 6.08 Å². The molecule has 0 saturated heterocycles. The molecule has 0 radical (unpaired) electrons. The first kappa shape index (κ1) is 23.5. The first-order chi connectivity index (χ1) is 14.3. The van der Waals surface area contributed by atoms with Crippen LogP contribution in [0.3, 0.4) is 0 Å². The van der Waals surface area contributed by atoms with Crippen molar-refractivity contribution >= 4 is 14.1 Å². The van der Waals surface area contributed by atoms with Gasteiger partial charge in [0.15, 0.2) is 14.1 Å². The molecule has 4 rings (SSSR count). The van der Waals surface area contributed by atoms with Crippen LogP contribution in [0.4, 0.5) is 0 Å². The highest BCUT2D eigenvalue weighted by molar-refractivity contribution is 6.74. The summed E-state index contributed by atoms with van der Waals surface area (Å²) in [5.74, 6) is 3.92. The maximum Gasteiger partial charge on any atom is 0.191 e. The number of fused-ring (bicyclic) bond motifs is 5. The predicted octanol–water partition coefficient (Wildman–Crippen LogP) is 7.57. The van der Waals surface area contributed by atoms with Crippen LogP contribution in [0.15, 0.2) is 23.8 Å². The average Bonchev–Trinajstić information content (AvgIpc) is 3.03. The summed E-state index contributed by atoms with van der Waals surface area (Å²) in [4.78, 5) is 12.0. The number of hydrogen-bond donors (Lipinski definition) is 0. The summed E-state index contributed by atoms with van der Waals surface area (Å²) in [7, 11) is -1.69. The van der Waals surface area contributed by atoms with Crippen LogP contribution in [-0.4, -0.2) is 20.7 Å². The zero-order valence-electron chi connectivity index (χ0n) is 21.4. The molecule has 0 N–H and O–H groups in total. The normalized spacial score (nSPS) is 41.3. The number of hydrogen-bond acceptors (Lipinski definition) is 2.